The molecule has 2 amide bonds. The Labute approximate surface area is 125 Å². The highest BCUT2D eigenvalue weighted by atomic mass is 35.5. The lowest BCUT2D eigenvalue weighted by Crippen LogP contribution is -2.32. The number of halogens is 1. The fourth-order valence-electron chi connectivity index (χ4n) is 1.89. The lowest BCUT2D eigenvalue weighted by atomic mass is 10.2. The smallest absolute Gasteiger partial charge is 0.226 e. The van der Waals surface area contributed by atoms with Crippen LogP contribution in [0.4, 0.5) is 5.69 Å². The summed E-state index contributed by atoms with van der Waals surface area (Å²) in [6.07, 6.45) is 1.17. The van der Waals surface area contributed by atoms with Gasteiger partial charge in [0.2, 0.25) is 11.8 Å². The topological polar surface area (TPSA) is 49.4 Å². The molecular weight excluding hydrogens is 276 g/mol. The van der Waals surface area contributed by atoms with Crippen LogP contribution in [0.25, 0.3) is 0 Å². The maximum atomic E-state index is 11.9. The van der Waals surface area contributed by atoms with E-state index in [2.05, 4.69) is 5.32 Å². The highest BCUT2D eigenvalue weighted by Crippen LogP contribution is 2.22. The van der Waals surface area contributed by atoms with Gasteiger partial charge in [-0.3, -0.25) is 9.59 Å². The maximum absolute atomic E-state index is 11.9. The van der Waals surface area contributed by atoms with Gasteiger partial charge in [0.1, 0.15) is 0 Å². The van der Waals surface area contributed by atoms with Crippen molar-refractivity contribution in [2.75, 3.05) is 18.4 Å². The van der Waals surface area contributed by atoms with Crippen molar-refractivity contribution in [3.8, 4) is 0 Å². The van der Waals surface area contributed by atoms with Crippen LogP contribution in [-0.4, -0.2) is 29.8 Å². The van der Waals surface area contributed by atoms with Crippen molar-refractivity contribution in [1.29, 1.82) is 0 Å². The van der Waals surface area contributed by atoms with Crippen LogP contribution in [0.5, 0.6) is 0 Å². The van der Waals surface area contributed by atoms with Gasteiger partial charge in [-0.1, -0.05) is 24.6 Å². The van der Waals surface area contributed by atoms with E-state index in [0.717, 1.165) is 12.0 Å². The molecule has 0 fully saturated rings. The van der Waals surface area contributed by atoms with E-state index in [1.165, 1.54) is 6.92 Å². The Bertz CT molecular complexity index is 489. The van der Waals surface area contributed by atoms with E-state index in [4.69, 9.17) is 11.6 Å². The molecule has 0 aliphatic carbocycles. The van der Waals surface area contributed by atoms with Gasteiger partial charge in [0.25, 0.3) is 0 Å². The molecule has 20 heavy (non-hydrogen) atoms. The first-order valence-electron chi connectivity index (χ1n) is 6.76. The van der Waals surface area contributed by atoms with Crippen LogP contribution in [0.1, 0.15) is 32.3 Å². The summed E-state index contributed by atoms with van der Waals surface area (Å²) in [5.41, 5.74) is 1.56. The third-order valence-electron chi connectivity index (χ3n) is 3.09. The van der Waals surface area contributed by atoms with Crippen LogP contribution in [0.3, 0.4) is 0 Å². The molecular formula is C15H21ClN2O2. The molecule has 5 heteroatoms. The first-order valence-corrected chi connectivity index (χ1v) is 7.14. The van der Waals surface area contributed by atoms with E-state index < -0.39 is 0 Å². The van der Waals surface area contributed by atoms with Gasteiger partial charge in [-0.2, -0.15) is 0 Å². The highest BCUT2D eigenvalue weighted by molar-refractivity contribution is 6.31. The summed E-state index contributed by atoms with van der Waals surface area (Å²) in [6.45, 7) is 6.50. The second-order valence-electron chi connectivity index (χ2n) is 4.72. The van der Waals surface area contributed by atoms with Gasteiger partial charge in [-0.25, -0.2) is 0 Å². The van der Waals surface area contributed by atoms with Gasteiger partial charge in [-0.05, 0) is 31.0 Å². The normalized spacial score (nSPS) is 10.2. The SMILES string of the molecule is CCCN(CCC(=O)Nc1cccc(Cl)c1C)C(C)=O. The van der Waals surface area contributed by atoms with E-state index in [-0.39, 0.29) is 18.2 Å². The second-order valence-corrected chi connectivity index (χ2v) is 5.12. The Hall–Kier alpha value is -1.55. The lowest BCUT2D eigenvalue weighted by Gasteiger charge is -2.20. The number of hydrogen-bond donors (Lipinski definition) is 1. The molecule has 0 atom stereocenters. The summed E-state index contributed by atoms with van der Waals surface area (Å²) in [4.78, 5) is 25.0. The van der Waals surface area contributed by atoms with Gasteiger partial charge in [-0.15, -0.1) is 0 Å². The molecule has 0 saturated carbocycles. The van der Waals surface area contributed by atoms with Crippen molar-refractivity contribution in [2.24, 2.45) is 0 Å². The summed E-state index contributed by atoms with van der Waals surface area (Å²) < 4.78 is 0. The van der Waals surface area contributed by atoms with Crippen LogP contribution in [-0.2, 0) is 9.59 Å². The molecule has 4 nitrogen and oxygen atoms in total. The maximum Gasteiger partial charge on any atom is 0.226 e. The zero-order chi connectivity index (χ0) is 15.1. The van der Waals surface area contributed by atoms with E-state index in [1.54, 1.807) is 17.0 Å². The third kappa shape index (κ3) is 4.85. The molecule has 1 rings (SSSR count). The fraction of sp³-hybridized carbons (Fsp3) is 0.467. The van der Waals surface area contributed by atoms with Gasteiger partial charge in [0.15, 0.2) is 0 Å². The molecule has 0 bridgehead atoms. The molecule has 1 aromatic rings. The zero-order valence-corrected chi connectivity index (χ0v) is 13.0. The van der Waals surface area contributed by atoms with Crippen molar-refractivity contribution in [3.63, 3.8) is 0 Å². The Morgan fingerprint density at radius 1 is 1.30 bits per heavy atom. The standard InChI is InChI=1S/C15H21ClN2O2/c1-4-9-18(12(3)19)10-8-15(20)17-14-7-5-6-13(16)11(14)2/h5-7H,4,8-10H2,1-3H3,(H,17,20). The Morgan fingerprint density at radius 3 is 2.60 bits per heavy atom. The largest absolute Gasteiger partial charge is 0.342 e. The summed E-state index contributed by atoms with van der Waals surface area (Å²) in [5, 5.41) is 3.45. The molecule has 0 unspecified atom stereocenters. The fourth-order valence-corrected chi connectivity index (χ4v) is 2.06. The number of nitrogens with one attached hydrogen (secondary N) is 1. The number of anilines is 1. The summed E-state index contributed by atoms with van der Waals surface area (Å²) in [6, 6.07) is 5.39. The minimum atomic E-state index is -0.113. The summed E-state index contributed by atoms with van der Waals surface area (Å²) in [5.74, 6) is -0.115. The third-order valence-corrected chi connectivity index (χ3v) is 3.50. The van der Waals surface area contributed by atoms with Crippen molar-refractivity contribution in [1.82, 2.24) is 4.90 Å². The number of nitrogens with zero attached hydrogens (tertiary/aromatic N) is 1. The molecule has 110 valence electrons. The first kappa shape index (κ1) is 16.5. The first-order chi connectivity index (χ1) is 9.45. The molecule has 1 N–H and O–H groups in total. The number of benzene rings is 1. The van der Waals surface area contributed by atoms with E-state index in [1.807, 2.05) is 19.9 Å². The molecule has 1 aromatic carbocycles. The highest BCUT2D eigenvalue weighted by Gasteiger charge is 2.11. The zero-order valence-electron chi connectivity index (χ0n) is 12.2. The monoisotopic (exact) mass is 296 g/mol. The van der Waals surface area contributed by atoms with Gasteiger partial charge in [0.05, 0.1) is 0 Å². The Balaban J connectivity index is 2.55. The lowest BCUT2D eigenvalue weighted by molar-refractivity contribution is -0.129. The van der Waals surface area contributed by atoms with E-state index >= 15 is 0 Å². The summed E-state index contributed by atoms with van der Waals surface area (Å²) in [7, 11) is 0. The summed E-state index contributed by atoms with van der Waals surface area (Å²) >= 11 is 6.00. The van der Waals surface area contributed by atoms with Crippen LogP contribution >= 0.6 is 11.6 Å². The number of rotatable bonds is 6. The predicted molar refractivity (Wildman–Crippen MR) is 82.0 cm³/mol. The minimum absolute atomic E-state index is 0.00131. The average molecular weight is 297 g/mol. The van der Waals surface area contributed by atoms with Crippen LogP contribution < -0.4 is 5.32 Å². The quantitative estimate of drug-likeness (QED) is 0.876. The predicted octanol–water partition coefficient (Wildman–Crippen LogP) is 3.24. The number of carbonyl (C=O) groups is 2. The molecule has 0 heterocycles. The number of hydrogen-bond acceptors (Lipinski definition) is 2. The van der Waals surface area contributed by atoms with Crippen LogP contribution in [0.2, 0.25) is 5.02 Å². The molecule has 0 saturated heterocycles. The molecule has 0 aliphatic rings. The van der Waals surface area contributed by atoms with Crippen molar-refractivity contribution in [2.45, 2.75) is 33.6 Å². The van der Waals surface area contributed by atoms with Crippen molar-refractivity contribution < 1.29 is 9.59 Å². The Morgan fingerprint density at radius 2 is 2.00 bits per heavy atom. The number of carbonyl (C=O) groups excluding carboxylic acids is 2. The van der Waals surface area contributed by atoms with Crippen LogP contribution in [0.15, 0.2) is 18.2 Å². The van der Waals surface area contributed by atoms with Crippen molar-refractivity contribution >= 4 is 29.1 Å². The molecule has 0 aliphatic heterocycles. The van der Waals surface area contributed by atoms with Gasteiger partial charge in [0, 0.05) is 37.1 Å². The molecule has 0 spiro atoms. The molecule has 0 aromatic heterocycles. The minimum Gasteiger partial charge on any atom is -0.342 e. The Kier molecular flexibility index (Phi) is 6.52. The molecule has 0 radical (unpaired) electrons. The average Bonchev–Trinajstić information content (AvgIpc) is 2.39. The van der Waals surface area contributed by atoms with Crippen LogP contribution in [0, 0.1) is 6.92 Å². The van der Waals surface area contributed by atoms with Crippen molar-refractivity contribution in [3.05, 3.63) is 28.8 Å². The van der Waals surface area contributed by atoms with E-state index in [9.17, 15) is 9.59 Å². The van der Waals surface area contributed by atoms with E-state index in [0.29, 0.717) is 23.8 Å². The number of amides is 2. The second kappa shape index (κ2) is 7.90. The van der Waals surface area contributed by atoms with Gasteiger partial charge < -0.3 is 10.2 Å². The van der Waals surface area contributed by atoms with Gasteiger partial charge >= 0.3 is 0 Å².